The molecule has 1 amide bonds. The largest absolute Gasteiger partial charge is 0.486 e. The second-order valence-corrected chi connectivity index (χ2v) is 5.43. The molecule has 8 heteroatoms. The van der Waals surface area contributed by atoms with Gasteiger partial charge in [-0.05, 0) is 18.2 Å². The number of amides is 1. The highest BCUT2D eigenvalue weighted by atomic mass is 32.2. The van der Waals surface area contributed by atoms with Gasteiger partial charge in [0.25, 0.3) is 5.91 Å². The second-order valence-electron chi connectivity index (χ2n) is 4.48. The zero-order valence-electron chi connectivity index (χ0n) is 12.1. The summed E-state index contributed by atoms with van der Waals surface area (Å²) in [6, 6.07) is 7.25. The fraction of sp³-hybridized carbons (Fsp3) is 0.200. The Morgan fingerprint density at radius 3 is 2.96 bits per heavy atom. The smallest absolute Gasteiger partial charge is 0.250 e. The molecule has 0 fully saturated rings. The summed E-state index contributed by atoms with van der Waals surface area (Å²) in [7, 11) is 0. The van der Waals surface area contributed by atoms with Gasteiger partial charge in [-0.2, -0.15) is 5.10 Å². The zero-order chi connectivity index (χ0) is 15.9. The second kappa shape index (κ2) is 7.59. The van der Waals surface area contributed by atoms with Gasteiger partial charge in [-0.1, -0.05) is 17.8 Å². The number of aromatic nitrogens is 2. The lowest BCUT2D eigenvalue weighted by Gasteiger charge is -2.19. The van der Waals surface area contributed by atoms with Crippen molar-refractivity contribution in [3.8, 4) is 11.5 Å². The molecule has 0 radical (unpaired) electrons. The highest BCUT2D eigenvalue weighted by Crippen LogP contribution is 2.32. The first-order valence-electron chi connectivity index (χ1n) is 6.93. The summed E-state index contributed by atoms with van der Waals surface area (Å²) < 4.78 is 11.1. The van der Waals surface area contributed by atoms with Crippen LogP contribution in [0.25, 0.3) is 0 Å². The van der Waals surface area contributed by atoms with Crippen molar-refractivity contribution in [2.45, 2.75) is 5.16 Å². The molecule has 1 aromatic heterocycles. The summed E-state index contributed by atoms with van der Waals surface area (Å²) in [6.07, 6.45) is 4.80. The number of hydrogen-bond acceptors (Lipinski definition) is 7. The third kappa shape index (κ3) is 4.19. The molecule has 0 saturated carbocycles. The van der Waals surface area contributed by atoms with Gasteiger partial charge < -0.3 is 9.47 Å². The van der Waals surface area contributed by atoms with Crippen molar-refractivity contribution in [1.82, 2.24) is 15.4 Å². The highest BCUT2D eigenvalue weighted by Gasteiger charge is 2.14. The Balaban J connectivity index is 1.54. The van der Waals surface area contributed by atoms with E-state index >= 15 is 0 Å². The Morgan fingerprint density at radius 1 is 1.26 bits per heavy atom. The van der Waals surface area contributed by atoms with Gasteiger partial charge in [0.2, 0.25) is 0 Å². The molecule has 1 aliphatic heterocycles. The van der Waals surface area contributed by atoms with Gasteiger partial charge in [-0.3, -0.25) is 4.79 Å². The molecule has 0 spiro atoms. The predicted octanol–water partition coefficient (Wildman–Crippen LogP) is 1.49. The summed E-state index contributed by atoms with van der Waals surface area (Å²) >= 11 is 1.24. The highest BCUT2D eigenvalue weighted by molar-refractivity contribution is 7.99. The number of fused-ring (bicyclic) bond motifs is 1. The first kappa shape index (κ1) is 15.3. The van der Waals surface area contributed by atoms with E-state index in [4.69, 9.17) is 9.47 Å². The SMILES string of the molecule is O=C(CSc1ncccn1)N/N=C\c1cccc2c1OCCO2. The standard InChI is InChI=1S/C15H14N4O3S/c20-13(10-23-15-16-5-2-6-17-15)19-18-9-11-3-1-4-12-14(11)22-8-7-21-12/h1-6,9H,7-8,10H2,(H,19,20)/b18-9-. The fourth-order valence-corrected chi connectivity index (χ4v) is 2.49. The number of benzene rings is 1. The molecule has 118 valence electrons. The number of rotatable bonds is 5. The zero-order valence-corrected chi connectivity index (χ0v) is 13.0. The lowest BCUT2D eigenvalue weighted by atomic mass is 10.2. The van der Waals surface area contributed by atoms with Crippen LogP contribution in [0.3, 0.4) is 0 Å². The van der Waals surface area contributed by atoms with Crippen molar-refractivity contribution in [2.75, 3.05) is 19.0 Å². The quantitative estimate of drug-likeness (QED) is 0.387. The lowest BCUT2D eigenvalue weighted by molar-refractivity contribution is -0.118. The minimum atomic E-state index is -0.235. The third-order valence-corrected chi connectivity index (χ3v) is 3.74. The number of ether oxygens (including phenoxy) is 2. The Kier molecular flexibility index (Phi) is 5.05. The van der Waals surface area contributed by atoms with Gasteiger partial charge in [0.05, 0.1) is 12.0 Å². The molecule has 23 heavy (non-hydrogen) atoms. The van der Waals surface area contributed by atoms with Crippen LogP contribution in [-0.4, -0.2) is 41.1 Å². The molecule has 7 nitrogen and oxygen atoms in total. The van der Waals surface area contributed by atoms with E-state index in [0.717, 1.165) is 5.56 Å². The number of para-hydroxylation sites is 1. The normalized spacial score (nSPS) is 13.0. The number of hydrogen-bond donors (Lipinski definition) is 1. The van der Waals surface area contributed by atoms with Crippen molar-refractivity contribution in [3.05, 3.63) is 42.2 Å². The number of carbonyl (C=O) groups is 1. The van der Waals surface area contributed by atoms with Crippen molar-refractivity contribution < 1.29 is 14.3 Å². The van der Waals surface area contributed by atoms with Crippen LogP contribution in [0.5, 0.6) is 11.5 Å². The van der Waals surface area contributed by atoms with Crippen molar-refractivity contribution >= 4 is 23.9 Å². The molecule has 1 N–H and O–H groups in total. The third-order valence-electron chi connectivity index (χ3n) is 2.86. The minimum Gasteiger partial charge on any atom is -0.486 e. The molecule has 0 saturated heterocycles. The molecule has 0 unspecified atom stereocenters. The van der Waals surface area contributed by atoms with Gasteiger partial charge in [-0.25, -0.2) is 15.4 Å². The summed E-state index contributed by atoms with van der Waals surface area (Å²) in [4.78, 5) is 19.8. The summed E-state index contributed by atoms with van der Waals surface area (Å²) in [5, 5.41) is 4.50. The van der Waals surface area contributed by atoms with E-state index in [0.29, 0.717) is 29.9 Å². The van der Waals surface area contributed by atoms with E-state index in [1.807, 2.05) is 18.2 Å². The Bertz CT molecular complexity index is 709. The van der Waals surface area contributed by atoms with Crippen LogP contribution in [0.15, 0.2) is 46.9 Å². The van der Waals surface area contributed by atoms with Crippen LogP contribution in [-0.2, 0) is 4.79 Å². The molecule has 0 atom stereocenters. The van der Waals surface area contributed by atoms with E-state index in [-0.39, 0.29) is 11.7 Å². The van der Waals surface area contributed by atoms with Gasteiger partial charge >= 0.3 is 0 Å². The summed E-state index contributed by atoms with van der Waals surface area (Å²) in [6.45, 7) is 1.03. The van der Waals surface area contributed by atoms with Crippen LogP contribution >= 0.6 is 11.8 Å². The molecule has 0 bridgehead atoms. The van der Waals surface area contributed by atoms with Gasteiger partial charge in [0.15, 0.2) is 16.7 Å². The van der Waals surface area contributed by atoms with E-state index < -0.39 is 0 Å². The number of thioether (sulfide) groups is 1. The van der Waals surface area contributed by atoms with E-state index in [1.54, 1.807) is 18.5 Å². The monoisotopic (exact) mass is 330 g/mol. The number of nitrogens with zero attached hydrogens (tertiary/aromatic N) is 3. The van der Waals surface area contributed by atoms with Crippen molar-refractivity contribution in [3.63, 3.8) is 0 Å². The first-order valence-corrected chi connectivity index (χ1v) is 7.92. The van der Waals surface area contributed by atoms with Gasteiger partial charge in [0, 0.05) is 18.0 Å². The Hall–Kier alpha value is -2.61. The van der Waals surface area contributed by atoms with Crippen LogP contribution < -0.4 is 14.9 Å². The molecule has 2 heterocycles. The number of carbonyl (C=O) groups excluding carboxylic acids is 1. The Morgan fingerprint density at radius 2 is 2.09 bits per heavy atom. The van der Waals surface area contributed by atoms with Crippen LogP contribution in [0.4, 0.5) is 0 Å². The predicted molar refractivity (Wildman–Crippen MR) is 85.9 cm³/mol. The van der Waals surface area contributed by atoms with Crippen LogP contribution in [0.2, 0.25) is 0 Å². The molecule has 1 aliphatic rings. The topological polar surface area (TPSA) is 85.7 Å². The average molecular weight is 330 g/mol. The molecule has 1 aromatic carbocycles. The first-order chi connectivity index (χ1) is 11.3. The van der Waals surface area contributed by atoms with Gasteiger partial charge in [0.1, 0.15) is 13.2 Å². The van der Waals surface area contributed by atoms with Crippen molar-refractivity contribution in [2.24, 2.45) is 5.10 Å². The lowest BCUT2D eigenvalue weighted by Crippen LogP contribution is -2.20. The van der Waals surface area contributed by atoms with Gasteiger partial charge in [-0.15, -0.1) is 0 Å². The minimum absolute atomic E-state index is 0.188. The number of nitrogens with one attached hydrogen (secondary N) is 1. The maximum absolute atomic E-state index is 11.7. The fourth-order valence-electron chi connectivity index (χ4n) is 1.89. The maximum Gasteiger partial charge on any atom is 0.250 e. The Labute approximate surface area is 137 Å². The van der Waals surface area contributed by atoms with E-state index in [1.165, 1.54) is 18.0 Å². The van der Waals surface area contributed by atoms with Crippen LogP contribution in [0.1, 0.15) is 5.56 Å². The molecule has 3 rings (SSSR count). The molecular weight excluding hydrogens is 316 g/mol. The van der Waals surface area contributed by atoms with Crippen LogP contribution in [0, 0.1) is 0 Å². The average Bonchev–Trinajstić information content (AvgIpc) is 2.61. The number of hydrazone groups is 1. The summed E-state index contributed by atoms with van der Waals surface area (Å²) in [5.74, 6) is 1.28. The molecule has 0 aliphatic carbocycles. The maximum atomic E-state index is 11.7. The molecular formula is C15H14N4O3S. The van der Waals surface area contributed by atoms with Crippen molar-refractivity contribution in [1.29, 1.82) is 0 Å². The summed E-state index contributed by atoms with van der Waals surface area (Å²) in [5.41, 5.74) is 3.22. The molecule has 2 aromatic rings. The van der Waals surface area contributed by atoms with E-state index in [2.05, 4.69) is 20.5 Å². The van der Waals surface area contributed by atoms with E-state index in [9.17, 15) is 4.79 Å².